The fourth-order valence-electron chi connectivity index (χ4n) is 2.77. The van der Waals surface area contributed by atoms with E-state index in [9.17, 15) is 19.5 Å². The van der Waals surface area contributed by atoms with Crippen molar-refractivity contribution in [1.82, 2.24) is 0 Å². The number of ketones is 2. The summed E-state index contributed by atoms with van der Waals surface area (Å²) in [5.74, 6) is -1.08. The zero-order valence-electron chi connectivity index (χ0n) is 11.6. The van der Waals surface area contributed by atoms with Gasteiger partial charge < -0.3 is 14.6 Å². The monoisotopic (exact) mass is 278 g/mol. The van der Waals surface area contributed by atoms with Gasteiger partial charge in [0, 0.05) is 29.9 Å². The summed E-state index contributed by atoms with van der Waals surface area (Å²) in [6, 6.07) is 0. The second-order valence-corrected chi connectivity index (χ2v) is 5.44. The Labute approximate surface area is 117 Å². The number of ether oxygens (including phenoxy) is 1. The van der Waals surface area contributed by atoms with Crippen molar-refractivity contribution < 1.29 is 24.2 Å². The molecular formula is C15H18O5. The molecule has 1 aliphatic heterocycles. The predicted molar refractivity (Wildman–Crippen MR) is 70.8 cm³/mol. The van der Waals surface area contributed by atoms with Crippen LogP contribution in [0.15, 0.2) is 23.3 Å². The molecule has 0 aromatic carbocycles. The van der Waals surface area contributed by atoms with Gasteiger partial charge in [-0.3, -0.25) is 4.79 Å². The molecule has 5 nitrogen and oxygen atoms in total. The lowest BCUT2D eigenvalue weighted by Crippen LogP contribution is -2.24. The Morgan fingerprint density at radius 3 is 2.60 bits per heavy atom. The number of rotatable bonds is 4. The fourth-order valence-corrected chi connectivity index (χ4v) is 2.77. The van der Waals surface area contributed by atoms with Gasteiger partial charge in [0.1, 0.15) is 11.9 Å². The maximum absolute atomic E-state index is 12.0. The van der Waals surface area contributed by atoms with Gasteiger partial charge in [-0.25, -0.2) is 4.79 Å². The smallest absolute Gasteiger partial charge is 0.334 e. The molecule has 3 atom stereocenters. The molecule has 20 heavy (non-hydrogen) atoms. The van der Waals surface area contributed by atoms with E-state index in [0.29, 0.717) is 29.6 Å². The van der Waals surface area contributed by atoms with Crippen LogP contribution in [0.5, 0.6) is 0 Å². The fraction of sp³-hybridized carbons (Fsp3) is 0.533. The van der Waals surface area contributed by atoms with E-state index < -0.39 is 18.2 Å². The average Bonchev–Trinajstić information content (AvgIpc) is 2.76. The van der Waals surface area contributed by atoms with Gasteiger partial charge in [-0.2, -0.15) is 0 Å². The SMILES string of the molecule is C=C1C(=O)O[C@H](C2=C(C)C(O)CC2=O)[C@@H]1CCC(C)=O. The summed E-state index contributed by atoms with van der Waals surface area (Å²) in [5, 5.41) is 9.74. The average molecular weight is 278 g/mol. The molecular weight excluding hydrogens is 260 g/mol. The van der Waals surface area contributed by atoms with E-state index in [1.807, 2.05) is 0 Å². The summed E-state index contributed by atoms with van der Waals surface area (Å²) in [6.45, 7) is 6.85. The van der Waals surface area contributed by atoms with E-state index in [1.165, 1.54) is 6.92 Å². The molecule has 0 bridgehead atoms. The molecule has 108 valence electrons. The van der Waals surface area contributed by atoms with Gasteiger partial charge in [-0.05, 0) is 25.8 Å². The Kier molecular flexibility index (Phi) is 3.90. The Bertz CT molecular complexity index is 528. The first-order valence-corrected chi connectivity index (χ1v) is 6.64. The van der Waals surface area contributed by atoms with Crippen LogP contribution in [0, 0.1) is 5.92 Å². The first kappa shape index (κ1) is 14.7. The molecule has 1 unspecified atom stereocenters. The second-order valence-electron chi connectivity index (χ2n) is 5.44. The van der Waals surface area contributed by atoms with E-state index in [1.54, 1.807) is 6.92 Å². The van der Waals surface area contributed by atoms with E-state index in [0.717, 1.165) is 0 Å². The predicted octanol–water partition coefficient (Wildman–Crippen LogP) is 1.10. The number of Topliss-reactive ketones (excluding diaryl/α,β-unsaturated/α-hetero) is 2. The van der Waals surface area contributed by atoms with Crippen LogP contribution in [-0.2, 0) is 19.1 Å². The van der Waals surface area contributed by atoms with Crippen LogP contribution < -0.4 is 0 Å². The largest absolute Gasteiger partial charge is 0.453 e. The highest BCUT2D eigenvalue weighted by atomic mass is 16.6. The van der Waals surface area contributed by atoms with Crippen LogP contribution in [0.2, 0.25) is 0 Å². The van der Waals surface area contributed by atoms with Gasteiger partial charge in [0.05, 0.1) is 6.10 Å². The number of hydrogen-bond donors (Lipinski definition) is 1. The summed E-state index contributed by atoms with van der Waals surface area (Å²) in [6.07, 6.45) is -0.760. The highest BCUT2D eigenvalue weighted by Crippen LogP contribution is 2.39. The molecule has 0 aromatic rings. The molecule has 0 spiro atoms. The third-order valence-electron chi connectivity index (χ3n) is 4.00. The maximum Gasteiger partial charge on any atom is 0.334 e. The van der Waals surface area contributed by atoms with Crippen molar-refractivity contribution >= 4 is 17.5 Å². The molecule has 0 aromatic heterocycles. The lowest BCUT2D eigenvalue weighted by molar-refractivity contribution is -0.138. The van der Waals surface area contributed by atoms with Gasteiger partial charge >= 0.3 is 5.97 Å². The summed E-state index contributed by atoms with van der Waals surface area (Å²) < 4.78 is 5.25. The number of carbonyl (C=O) groups is 3. The van der Waals surface area contributed by atoms with Gasteiger partial charge in [0.15, 0.2) is 5.78 Å². The molecule has 5 heteroatoms. The van der Waals surface area contributed by atoms with Crippen LogP contribution in [0.4, 0.5) is 0 Å². The molecule has 0 radical (unpaired) electrons. The number of aliphatic hydroxyl groups is 1. The Balaban J connectivity index is 2.29. The summed E-state index contributed by atoms with van der Waals surface area (Å²) in [4.78, 5) is 34.8. The first-order valence-electron chi connectivity index (χ1n) is 6.64. The molecule has 1 saturated heterocycles. The number of aliphatic hydroxyl groups excluding tert-OH is 1. The van der Waals surface area contributed by atoms with Crippen LogP contribution in [0.1, 0.15) is 33.1 Å². The van der Waals surface area contributed by atoms with Crippen LogP contribution >= 0.6 is 0 Å². The van der Waals surface area contributed by atoms with E-state index >= 15 is 0 Å². The van der Waals surface area contributed by atoms with Crippen molar-refractivity contribution in [3.63, 3.8) is 0 Å². The lowest BCUT2D eigenvalue weighted by atomic mass is 9.86. The zero-order chi connectivity index (χ0) is 15.0. The molecule has 2 rings (SSSR count). The molecule has 1 N–H and O–H groups in total. The number of carbonyl (C=O) groups excluding carboxylic acids is 3. The van der Waals surface area contributed by atoms with Gasteiger partial charge in [-0.15, -0.1) is 0 Å². The highest BCUT2D eigenvalue weighted by molar-refractivity contribution is 6.02. The van der Waals surface area contributed by atoms with Crippen LogP contribution in [-0.4, -0.2) is 34.9 Å². The standard InChI is InChI=1S/C15H18O5/c1-7(16)4-5-10-8(2)15(19)20-14(10)13-9(3)11(17)6-12(13)18/h10-11,14,17H,2,4-6H2,1,3H3/t10-,11?,14+/m1/s1. The van der Waals surface area contributed by atoms with Crippen LogP contribution in [0.25, 0.3) is 0 Å². The summed E-state index contributed by atoms with van der Waals surface area (Å²) >= 11 is 0. The number of hydrogen-bond acceptors (Lipinski definition) is 5. The van der Waals surface area contributed by atoms with Crippen LogP contribution in [0.3, 0.4) is 0 Å². The molecule has 1 aliphatic carbocycles. The summed E-state index contributed by atoms with van der Waals surface area (Å²) in [5.41, 5.74) is 1.22. The summed E-state index contributed by atoms with van der Waals surface area (Å²) in [7, 11) is 0. The third-order valence-corrected chi connectivity index (χ3v) is 4.00. The van der Waals surface area contributed by atoms with E-state index in [2.05, 4.69) is 6.58 Å². The normalized spacial score (nSPS) is 30.1. The van der Waals surface area contributed by atoms with Crippen molar-refractivity contribution in [3.05, 3.63) is 23.3 Å². The van der Waals surface area contributed by atoms with Crippen molar-refractivity contribution in [2.24, 2.45) is 5.92 Å². The number of cyclic esters (lactones) is 1. The minimum absolute atomic E-state index is 0.0133. The molecule has 1 heterocycles. The van der Waals surface area contributed by atoms with Gasteiger partial charge in [0.25, 0.3) is 0 Å². The van der Waals surface area contributed by atoms with Crippen molar-refractivity contribution in [2.45, 2.75) is 45.3 Å². The Hall–Kier alpha value is -1.75. The minimum Gasteiger partial charge on any atom is -0.453 e. The molecule has 0 amide bonds. The topological polar surface area (TPSA) is 80.7 Å². The highest BCUT2D eigenvalue weighted by Gasteiger charge is 2.45. The third kappa shape index (κ3) is 2.45. The minimum atomic E-state index is -0.807. The van der Waals surface area contributed by atoms with Crippen molar-refractivity contribution in [3.8, 4) is 0 Å². The first-order chi connectivity index (χ1) is 9.32. The molecule has 0 saturated carbocycles. The second kappa shape index (κ2) is 5.32. The Morgan fingerprint density at radius 2 is 2.10 bits per heavy atom. The Morgan fingerprint density at radius 1 is 1.45 bits per heavy atom. The number of esters is 1. The van der Waals surface area contributed by atoms with E-state index in [-0.39, 0.29) is 23.9 Å². The molecule has 2 aliphatic rings. The van der Waals surface area contributed by atoms with Crippen molar-refractivity contribution in [1.29, 1.82) is 0 Å². The van der Waals surface area contributed by atoms with Gasteiger partial charge in [-0.1, -0.05) is 6.58 Å². The lowest BCUT2D eigenvalue weighted by Gasteiger charge is -2.18. The quantitative estimate of drug-likeness (QED) is 0.615. The molecule has 1 fully saturated rings. The zero-order valence-corrected chi connectivity index (χ0v) is 11.6. The van der Waals surface area contributed by atoms with Crippen molar-refractivity contribution in [2.75, 3.05) is 0 Å². The maximum atomic E-state index is 12.0. The van der Waals surface area contributed by atoms with E-state index in [4.69, 9.17) is 4.74 Å². The van der Waals surface area contributed by atoms with Gasteiger partial charge in [0.2, 0.25) is 0 Å².